The van der Waals surface area contributed by atoms with E-state index in [0.717, 1.165) is 15.4 Å². The fourth-order valence-corrected chi connectivity index (χ4v) is 6.68. The lowest BCUT2D eigenvalue weighted by Gasteiger charge is -2.34. The van der Waals surface area contributed by atoms with Crippen LogP contribution in [-0.2, 0) is 32.6 Å². The Kier molecular flexibility index (Phi) is 10.7. The van der Waals surface area contributed by atoms with E-state index in [4.69, 9.17) is 34.8 Å². The molecule has 43 heavy (non-hydrogen) atoms. The highest BCUT2D eigenvalue weighted by Crippen LogP contribution is 2.30. The number of hydrogen-bond donors (Lipinski definition) is 1. The summed E-state index contributed by atoms with van der Waals surface area (Å²) in [5, 5.41) is 3.54. The van der Waals surface area contributed by atoms with Gasteiger partial charge in [-0.25, -0.2) is 8.42 Å². The Morgan fingerprint density at radius 3 is 2.07 bits per heavy atom. The molecule has 4 aromatic rings. The van der Waals surface area contributed by atoms with Gasteiger partial charge in [0.05, 0.1) is 10.6 Å². The number of aryl methyl sites for hydroxylation is 1. The summed E-state index contributed by atoms with van der Waals surface area (Å²) in [6, 6.07) is 25.7. The molecular weight excluding hydrogens is 629 g/mol. The lowest BCUT2D eigenvalue weighted by molar-refractivity contribution is -0.139. The van der Waals surface area contributed by atoms with Gasteiger partial charge >= 0.3 is 0 Å². The average Bonchev–Trinajstić information content (AvgIpc) is 2.99. The second-order valence-corrected chi connectivity index (χ2v) is 13.0. The quantitative estimate of drug-likeness (QED) is 0.198. The van der Waals surface area contributed by atoms with E-state index in [1.54, 1.807) is 48.5 Å². The highest BCUT2D eigenvalue weighted by atomic mass is 35.5. The molecule has 1 N–H and O–H groups in total. The normalized spacial score (nSPS) is 11.9. The van der Waals surface area contributed by atoms with Crippen LogP contribution in [0.15, 0.2) is 102 Å². The van der Waals surface area contributed by atoms with E-state index in [9.17, 15) is 18.0 Å². The molecule has 4 rings (SSSR count). The Morgan fingerprint density at radius 1 is 0.837 bits per heavy atom. The van der Waals surface area contributed by atoms with Gasteiger partial charge in [0.25, 0.3) is 10.0 Å². The second kappa shape index (κ2) is 14.3. The highest BCUT2D eigenvalue weighted by molar-refractivity contribution is 7.92. The lowest BCUT2D eigenvalue weighted by atomic mass is 10.0. The molecule has 11 heteroatoms. The summed E-state index contributed by atoms with van der Waals surface area (Å²) in [5.74, 6) is -1.08. The standard InChI is InChI=1S/C32H30Cl3N3O4S/c1-22-14-16-26(17-15-22)43(41,42)38(25-11-6-10-24(33)19-25)21-31(39)37(20-27-28(34)12-7-13-29(27)35)30(32(40)36-2)18-23-8-4-3-5-9-23/h3-17,19,30H,18,20-21H2,1-2H3,(H,36,40)/t30-/m1/s1. The number of amides is 2. The van der Waals surface area contributed by atoms with E-state index in [-0.39, 0.29) is 23.5 Å². The number of benzene rings is 4. The molecule has 0 heterocycles. The number of sulfonamides is 1. The monoisotopic (exact) mass is 657 g/mol. The van der Waals surface area contributed by atoms with Crippen LogP contribution >= 0.6 is 34.8 Å². The number of rotatable bonds is 11. The molecule has 0 fully saturated rings. The van der Waals surface area contributed by atoms with Gasteiger partial charge in [-0.1, -0.05) is 95.0 Å². The van der Waals surface area contributed by atoms with Crippen LogP contribution in [0.5, 0.6) is 0 Å². The number of carbonyl (C=O) groups excluding carboxylic acids is 2. The third kappa shape index (κ3) is 7.89. The van der Waals surface area contributed by atoms with Crippen LogP contribution in [0.25, 0.3) is 0 Å². The van der Waals surface area contributed by atoms with E-state index in [0.29, 0.717) is 20.6 Å². The summed E-state index contributed by atoms with van der Waals surface area (Å²) in [7, 11) is -2.76. The van der Waals surface area contributed by atoms with Gasteiger partial charge in [-0.3, -0.25) is 13.9 Å². The molecule has 4 aromatic carbocycles. The summed E-state index contributed by atoms with van der Waals surface area (Å²) in [4.78, 5) is 29.0. The molecule has 0 aliphatic rings. The summed E-state index contributed by atoms with van der Waals surface area (Å²) in [6.45, 7) is 1.08. The summed E-state index contributed by atoms with van der Waals surface area (Å²) in [6.07, 6.45) is 0.163. The molecule has 0 unspecified atom stereocenters. The minimum absolute atomic E-state index is 0.00119. The summed E-state index contributed by atoms with van der Waals surface area (Å²) in [5.41, 5.74) is 2.30. The van der Waals surface area contributed by atoms with Crippen molar-refractivity contribution in [1.29, 1.82) is 0 Å². The van der Waals surface area contributed by atoms with E-state index in [1.165, 1.54) is 30.1 Å². The van der Waals surface area contributed by atoms with Gasteiger partial charge in [-0.05, 0) is 55.0 Å². The van der Waals surface area contributed by atoms with Crippen LogP contribution in [-0.4, -0.2) is 44.8 Å². The van der Waals surface area contributed by atoms with Crippen molar-refractivity contribution in [2.24, 2.45) is 0 Å². The number of nitrogens with one attached hydrogen (secondary N) is 1. The van der Waals surface area contributed by atoms with Gasteiger partial charge in [0.1, 0.15) is 12.6 Å². The van der Waals surface area contributed by atoms with Gasteiger partial charge < -0.3 is 10.2 Å². The Balaban J connectivity index is 1.82. The van der Waals surface area contributed by atoms with Gasteiger partial charge in [-0.2, -0.15) is 0 Å². The zero-order valence-electron chi connectivity index (χ0n) is 23.5. The first-order valence-corrected chi connectivity index (χ1v) is 15.9. The van der Waals surface area contributed by atoms with Gasteiger partial charge in [-0.15, -0.1) is 0 Å². The number of halogens is 3. The topological polar surface area (TPSA) is 86.8 Å². The summed E-state index contributed by atoms with van der Waals surface area (Å²) < 4.78 is 29.0. The van der Waals surface area contributed by atoms with Crippen molar-refractivity contribution in [2.75, 3.05) is 17.9 Å². The SMILES string of the molecule is CNC(=O)[C@@H](Cc1ccccc1)N(Cc1c(Cl)cccc1Cl)C(=O)CN(c1cccc(Cl)c1)S(=O)(=O)c1ccc(C)cc1. The van der Waals surface area contributed by atoms with Gasteiger partial charge in [0, 0.05) is 40.6 Å². The zero-order chi connectivity index (χ0) is 31.1. The smallest absolute Gasteiger partial charge is 0.264 e. The van der Waals surface area contributed by atoms with E-state index < -0.39 is 34.4 Å². The maximum atomic E-state index is 14.3. The van der Waals surface area contributed by atoms with Gasteiger partial charge in [0.2, 0.25) is 11.8 Å². The number of hydrogen-bond acceptors (Lipinski definition) is 4. The molecule has 0 bridgehead atoms. The van der Waals surface area contributed by atoms with Crippen molar-refractivity contribution in [3.05, 3.63) is 129 Å². The van der Waals surface area contributed by atoms with Crippen molar-refractivity contribution < 1.29 is 18.0 Å². The molecule has 0 saturated heterocycles. The molecule has 0 aromatic heterocycles. The molecule has 0 spiro atoms. The van der Waals surface area contributed by atoms with Crippen molar-refractivity contribution in [3.63, 3.8) is 0 Å². The van der Waals surface area contributed by atoms with E-state index in [1.807, 2.05) is 37.3 Å². The predicted molar refractivity (Wildman–Crippen MR) is 172 cm³/mol. The molecule has 0 saturated carbocycles. The second-order valence-electron chi connectivity index (χ2n) is 9.85. The molecule has 7 nitrogen and oxygen atoms in total. The Morgan fingerprint density at radius 2 is 1.47 bits per heavy atom. The Hall–Kier alpha value is -3.56. The third-order valence-electron chi connectivity index (χ3n) is 6.89. The number of likely N-dealkylation sites (N-methyl/N-ethyl adjacent to an activating group) is 1. The molecule has 1 atom stereocenters. The Bertz CT molecular complexity index is 1680. The molecule has 224 valence electrons. The zero-order valence-corrected chi connectivity index (χ0v) is 26.6. The molecule has 0 radical (unpaired) electrons. The fourth-order valence-electron chi connectivity index (χ4n) is 4.57. The third-order valence-corrected chi connectivity index (χ3v) is 9.62. The average molecular weight is 659 g/mol. The maximum Gasteiger partial charge on any atom is 0.264 e. The first-order chi connectivity index (χ1) is 20.5. The van der Waals surface area contributed by atoms with Crippen molar-refractivity contribution in [2.45, 2.75) is 30.8 Å². The number of carbonyl (C=O) groups is 2. The van der Waals surface area contributed by atoms with Crippen LogP contribution in [0.2, 0.25) is 15.1 Å². The molecule has 2 amide bonds. The predicted octanol–water partition coefficient (Wildman–Crippen LogP) is 6.54. The van der Waals surface area contributed by atoms with Crippen molar-refractivity contribution in [3.8, 4) is 0 Å². The van der Waals surface area contributed by atoms with E-state index >= 15 is 0 Å². The number of anilines is 1. The largest absolute Gasteiger partial charge is 0.357 e. The van der Waals surface area contributed by atoms with Crippen LogP contribution < -0.4 is 9.62 Å². The Labute approximate surface area is 267 Å². The molecule has 0 aliphatic heterocycles. The summed E-state index contributed by atoms with van der Waals surface area (Å²) >= 11 is 19.2. The van der Waals surface area contributed by atoms with Crippen LogP contribution in [0, 0.1) is 6.92 Å². The van der Waals surface area contributed by atoms with E-state index in [2.05, 4.69) is 5.32 Å². The van der Waals surface area contributed by atoms with Crippen LogP contribution in [0.4, 0.5) is 5.69 Å². The highest BCUT2D eigenvalue weighted by Gasteiger charge is 2.35. The molecular formula is C32H30Cl3N3O4S. The fraction of sp³-hybridized carbons (Fsp3) is 0.188. The minimum atomic E-state index is -4.24. The first kappa shape index (κ1) is 32.4. The van der Waals surface area contributed by atoms with Crippen molar-refractivity contribution in [1.82, 2.24) is 10.2 Å². The lowest BCUT2D eigenvalue weighted by Crippen LogP contribution is -2.53. The minimum Gasteiger partial charge on any atom is -0.357 e. The van der Waals surface area contributed by atoms with Gasteiger partial charge in [0.15, 0.2) is 0 Å². The van der Waals surface area contributed by atoms with Crippen LogP contribution in [0.1, 0.15) is 16.7 Å². The first-order valence-electron chi connectivity index (χ1n) is 13.3. The van der Waals surface area contributed by atoms with Crippen LogP contribution in [0.3, 0.4) is 0 Å². The maximum absolute atomic E-state index is 14.3. The van der Waals surface area contributed by atoms with Crippen molar-refractivity contribution >= 4 is 62.3 Å². The number of nitrogens with zero attached hydrogens (tertiary/aromatic N) is 2. The molecule has 0 aliphatic carbocycles.